The maximum absolute atomic E-state index is 12.2. The van der Waals surface area contributed by atoms with E-state index in [1.54, 1.807) is 13.0 Å². The molecule has 4 aliphatic carbocycles. The number of hydrogen-bond donors (Lipinski definition) is 2. The summed E-state index contributed by atoms with van der Waals surface area (Å²) in [5.74, 6) is -2.58. The summed E-state index contributed by atoms with van der Waals surface area (Å²) in [5, 5.41) is 20.8. The van der Waals surface area contributed by atoms with E-state index < -0.39 is 34.5 Å². The summed E-state index contributed by atoms with van der Waals surface area (Å²) in [7, 11) is 0. The highest BCUT2D eigenvalue weighted by molar-refractivity contribution is 6.22. The van der Waals surface area contributed by atoms with Crippen LogP contribution in [0.25, 0.3) is 0 Å². The Morgan fingerprint density at radius 3 is 2.53 bits per heavy atom. The lowest BCUT2D eigenvalue weighted by Crippen LogP contribution is -2.56. The Balaban J connectivity index is 1.65. The average molecular weight is 418 g/mol. The molecule has 3 saturated carbocycles. The summed E-state index contributed by atoms with van der Waals surface area (Å²) in [6.07, 6.45) is 6.48. The van der Waals surface area contributed by atoms with Gasteiger partial charge in [-0.15, -0.1) is 0 Å². The van der Waals surface area contributed by atoms with Gasteiger partial charge in [-0.2, -0.15) is 0 Å². The van der Waals surface area contributed by atoms with Gasteiger partial charge in [-0.1, -0.05) is 25.5 Å². The Hall–Kier alpha value is -2.15. The molecule has 0 saturated heterocycles. The Bertz CT molecular complexity index is 858. The minimum atomic E-state index is -1.56. The molecule has 7 nitrogen and oxygen atoms in total. The predicted octanol–water partition coefficient (Wildman–Crippen LogP) is 3.61. The van der Waals surface area contributed by atoms with Gasteiger partial charge in [0.1, 0.15) is 5.57 Å². The lowest BCUT2D eigenvalue weighted by Gasteiger charge is -2.57. The van der Waals surface area contributed by atoms with Crippen molar-refractivity contribution < 1.29 is 34.1 Å². The zero-order valence-corrected chi connectivity index (χ0v) is 17.8. The van der Waals surface area contributed by atoms with Crippen molar-refractivity contribution in [3.05, 3.63) is 23.3 Å². The number of aliphatic hydroxyl groups is 1. The number of carbonyl (C=O) groups is 3. The number of rotatable bonds is 3. The van der Waals surface area contributed by atoms with Crippen LogP contribution < -0.4 is 0 Å². The van der Waals surface area contributed by atoms with Crippen LogP contribution in [-0.2, 0) is 19.1 Å². The number of hydrogen-bond acceptors (Lipinski definition) is 6. The van der Waals surface area contributed by atoms with E-state index in [0.717, 1.165) is 31.3 Å². The molecule has 164 valence electrons. The van der Waals surface area contributed by atoms with Crippen molar-refractivity contribution in [2.45, 2.75) is 65.1 Å². The molecule has 0 bridgehead atoms. The SMILES string of the molecule is CCOC(=O)OC1(O)CC[C@H]2[C@@H]3CCC4=CC(=O)C(C(=O)O)=C[C@]4(C)[C@@H]3CC[C@@]21C. The van der Waals surface area contributed by atoms with E-state index in [1.807, 2.05) is 13.8 Å². The summed E-state index contributed by atoms with van der Waals surface area (Å²) >= 11 is 0. The maximum Gasteiger partial charge on any atom is 0.510 e. The van der Waals surface area contributed by atoms with Crippen LogP contribution in [0.4, 0.5) is 4.79 Å². The number of aliphatic carboxylic acids is 1. The third-order valence-electron chi connectivity index (χ3n) is 8.48. The zero-order valence-electron chi connectivity index (χ0n) is 17.8. The topological polar surface area (TPSA) is 110 Å². The van der Waals surface area contributed by atoms with Crippen LogP contribution in [-0.4, -0.2) is 40.5 Å². The molecule has 0 spiro atoms. The van der Waals surface area contributed by atoms with Crippen molar-refractivity contribution in [2.24, 2.45) is 28.6 Å². The molecular formula is C23H30O7. The molecular weight excluding hydrogens is 388 g/mol. The second-order valence-electron chi connectivity index (χ2n) is 9.66. The van der Waals surface area contributed by atoms with Crippen molar-refractivity contribution >= 4 is 17.9 Å². The van der Waals surface area contributed by atoms with Gasteiger partial charge in [0.2, 0.25) is 5.79 Å². The van der Waals surface area contributed by atoms with E-state index in [1.165, 1.54) is 6.08 Å². The minimum Gasteiger partial charge on any atom is -0.478 e. The van der Waals surface area contributed by atoms with E-state index in [0.29, 0.717) is 12.8 Å². The fourth-order valence-electron chi connectivity index (χ4n) is 6.89. The molecule has 30 heavy (non-hydrogen) atoms. The number of carboxylic acid groups (broad SMARTS) is 1. The molecule has 0 aromatic carbocycles. The van der Waals surface area contributed by atoms with Crippen LogP contribution in [0.3, 0.4) is 0 Å². The number of carbonyl (C=O) groups excluding carboxylic acids is 2. The first-order valence-corrected chi connectivity index (χ1v) is 10.9. The summed E-state index contributed by atoms with van der Waals surface area (Å²) in [4.78, 5) is 35.8. The van der Waals surface area contributed by atoms with Gasteiger partial charge in [0.05, 0.1) is 6.61 Å². The standard InChI is InChI=1S/C23H30O7/c1-4-29-20(27)30-23(28)10-8-17-14-6-5-13-11-18(24)15(19(25)26)12-21(13,2)16(14)7-9-22(17,23)3/h11-12,14,16-17,28H,4-10H2,1-3H3,(H,25,26)/t14-,16-,17+,21+,22+,23?/m1/s1. The van der Waals surface area contributed by atoms with Crippen molar-refractivity contribution in [3.8, 4) is 0 Å². The highest BCUT2D eigenvalue weighted by atomic mass is 16.8. The molecule has 0 aromatic heterocycles. The monoisotopic (exact) mass is 418 g/mol. The fourth-order valence-corrected chi connectivity index (χ4v) is 6.89. The van der Waals surface area contributed by atoms with Gasteiger partial charge in [-0.05, 0) is 62.9 Å². The van der Waals surface area contributed by atoms with Crippen LogP contribution in [0.2, 0.25) is 0 Å². The highest BCUT2D eigenvalue weighted by Gasteiger charge is 2.66. The number of carboxylic acids is 1. The van der Waals surface area contributed by atoms with Gasteiger partial charge >= 0.3 is 12.1 Å². The summed E-state index contributed by atoms with van der Waals surface area (Å²) in [6, 6.07) is 0. The molecule has 0 radical (unpaired) electrons. The molecule has 2 N–H and O–H groups in total. The Morgan fingerprint density at radius 2 is 1.87 bits per heavy atom. The second-order valence-corrected chi connectivity index (χ2v) is 9.66. The van der Waals surface area contributed by atoms with Crippen molar-refractivity contribution in [1.82, 2.24) is 0 Å². The molecule has 4 rings (SSSR count). The minimum absolute atomic E-state index is 0.147. The van der Waals surface area contributed by atoms with E-state index in [2.05, 4.69) is 0 Å². The summed E-state index contributed by atoms with van der Waals surface area (Å²) in [5.41, 5.74) is -0.195. The summed E-state index contributed by atoms with van der Waals surface area (Å²) < 4.78 is 10.3. The third kappa shape index (κ3) is 2.85. The van der Waals surface area contributed by atoms with Gasteiger partial charge in [-0.25, -0.2) is 9.59 Å². The third-order valence-corrected chi connectivity index (χ3v) is 8.48. The van der Waals surface area contributed by atoms with E-state index >= 15 is 0 Å². The van der Waals surface area contributed by atoms with E-state index in [9.17, 15) is 24.6 Å². The molecule has 0 heterocycles. The van der Waals surface area contributed by atoms with Crippen molar-refractivity contribution in [1.29, 1.82) is 0 Å². The summed E-state index contributed by atoms with van der Waals surface area (Å²) in [6.45, 7) is 5.92. The van der Waals surface area contributed by atoms with Gasteiger partial charge in [0, 0.05) is 17.3 Å². The zero-order chi connectivity index (χ0) is 21.9. The van der Waals surface area contributed by atoms with Crippen LogP contribution >= 0.6 is 0 Å². The fraction of sp³-hybridized carbons (Fsp3) is 0.696. The van der Waals surface area contributed by atoms with E-state index in [4.69, 9.17) is 9.47 Å². The van der Waals surface area contributed by atoms with Crippen LogP contribution in [0.5, 0.6) is 0 Å². The van der Waals surface area contributed by atoms with Gasteiger partial charge in [0.25, 0.3) is 0 Å². The average Bonchev–Trinajstić information content (AvgIpc) is 2.92. The quantitative estimate of drug-likeness (QED) is 0.409. The van der Waals surface area contributed by atoms with Crippen LogP contribution in [0, 0.1) is 28.6 Å². The Kier molecular flexibility index (Phi) is 4.88. The lowest BCUT2D eigenvalue weighted by atomic mass is 9.48. The highest BCUT2D eigenvalue weighted by Crippen LogP contribution is 2.67. The van der Waals surface area contributed by atoms with Gasteiger partial charge in [0.15, 0.2) is 5.78 Å². The largest absolute Gasteiger partial charge is 0.510 e. The normalized spacial score (nSPS) is 42.3. The van der Waals surface area contributed by atoms with Gasteiger partial charge in [-0.3, -0.25) is 4.79 Å². The molecule has 0 amide bonds. The number of fused-ring (bicyclic) bond motifs is 5. The predicted molar refractivity (Wildman–Crippen MR) is 106 cm³/mol. The molecule has 0 aromatic rings. The Labute approximate surface area is 176 Å². The molecule has 3 fully saturated rings. The molecule has 1 unspecified atom stereocenters. The number of ether oxygens (including phenoxy) is 2. The molecule has 7 heteroatoms. The lowest BCUT2D eigenvalue weighted by molar-refractivity contribution is -0.252. The first-order valence-electron chi connectivity index (χ1n) is 10.9. The van der Waals surface area contributed by atoms with Gasteiger partial charge < -0.3 is 19.7 Å². The number of ketones is 1. The smallest absolute Gasteiger partial charge is 0.478 e. The van der Waals surface area contributed by atoms with Crippen LogP contribution in [0.15, 0.2) is 23.3 Å². The van der Waals surface area contributed by atoms with Crippen LogP contribution in [0.1, 0.15) is 59.3 Å². The first-order chi connectivity index (χ1) is 14.1. The van der Waals surface area contributed by atoms with Crippen molar-refractivity contribution in [2.75, 3.05) is 6.61 Å². The molecule has 4 aliphatic rings. The first kappa shape index (κ1) is 21.1. The second kappa shape index (κ2) is 6.94. The van der Waals surface area contributed by atoms with Crippen molar-refractivity contribution in [3.63, 3.8) is 0 Å². The van der Waals surface area contributed by atoms with E-state index in [-0.39, 0.29) is 29.9 Å². The Morgan fingerprint density at radius 1 is 1.17 bits per heavy atom. The molecule has 6 atom stereocenters. The molecule has 0 aliphatic heterocycles. The maximum atomic E-state index is 12.2. The number of allylic oxidation sites excluding steroid dienone is 3.